The van der Waals surface area contributed by atoms with Crippen LogP contribution in [0.4, 0.5) is 0 Å². The van der Waals surface area contributed by atoms with Crippen LogP contribution in [-0.4, -0.2) is 18.1 Å². The van der Waals surface area contributed by atoms with Gasteiger partial charge >= 0.3 is 0 Å². The van der Waals surface area contributed by atoms with Gasteiger partial charge in [-0.2, -0.15) is 0 Å². The van der Waals surface area contributed by atoms with Gasteiger partial charge in [-0.1, -0.05) is 13.3 Å². The first kappa shape index (κ1) is 13.6. The van der Waals surface area contributed by atoms with Crippen LogP contribution in [-0.2, 0) is 4.74 Å². The third kappa shape index (κ3) is 3.54. The van der Waals surface area contributed by atoms with E-state index in [9.17, 15) is 0 Å². The van der Waals surface area contributed by atoms with Crippen LogP contribution in [0.5, 0.6) is 0 Å². The fourth-order valence-electron chi connectivity index (χ4n) is 1.73. The van der Waals surface area contributed by atoms with Gasteiger partial charge < -0.3 is 10.5 Å². The number of thiazole rings is 1. The SMILES string of the molecule is CCCC(CN)c1csc(C(C)OCC)n1. The minimum atomic E-state index is 0.101. The van der Waals surface area contributed by atoms with Crippen molar-refractivity contribution in [3.05, 3.63) is 16.1 Å². The molecule has 1 rings (SSSR count). The number of rotatable bonds is 7. The largest absolute Gasteiger partial charge is 0.372 e. The topological polar surface area (TPSA) is 48.1 Å². The van der Waals surface area contributed by atoms with Crippen LogP contribution in [0.3, 0.4) is 0 Å². The number of hydrogen-bond donors (Lipinski definition) is 1. The zero-order chi connectivity index (χ0) is 12.0. The molecular formula is C12H22N2OS. The third-order valence-electron chi connectivity index (χ3n) is 2.64. The molecule has 1 aromatic heterocycles. The van der Waals surface area contributed by atoms with Gasteiger partial charge in [0, 0.05) is 24.4 Å². The van der Waals surface area contributed by atoms with Gasteiger partial charge in [0.15, 0.2) is 0 Å². The average molecular weight is 242 g/mol. The molecule has 3 nitrogen and oxygen atoms in total. The molecular weight excluding hydrogens is 220 g/mol. The van der Waals surface area contributed by atoms with Gasteiger partial charge in [0.2, 0.25) is 0 Å². The average Bonchev–Trinajstić information content (AvgIpc) is 2.75. The summed E-state index contributed by atoms with van der Waals surface area (Å²) < 4.78 is 5.53. The molecule has 1 aromatic rings. The van der Waals surface area contributed by atoms with E-state index in [4.69, 9.17) is 10.5 Å². The molecule has 2 unspecified atom stereocenters. The van der Waals surface area contributed by atoms with Crippen LogP contribution in [0.15, 0.2) is 5.38 Å². The van der Waals surface area contributed by atoms with Crippen LogP contribution in [0, 0.1) is 0 Å². The van der Waals surface area contributed by atoms with E-state index in [0.717, 1.165) is 30.2 Å². The first-order valence-corrected chi connectivity index (χ1v) is 6.87. The molecule has 0 saturated heterocycles. The Balaban J connectivity index is 2.68. The molecule has 0 aliphatic carbocycles. The van der Waals surface area contributed by atoms with Gasteiger partial charge in [-0.25, -0.2) is 4.98 Å². The summed E-state index contributed by atoms with van der Waals surface area (Å²) in [4.78, 5) is 4.63. The van der Waals surface area contributed by atoms with Crippen molar-refractivity contribution >= 4 is 11.3 Å². The molecule has 4 heteroatoms. The number of hydrogen-bond acceptors (Lipinski definition) is 4. The van der Waals surface area contributed by atoms with Gasteiger partial charge in [0.1, 0.15) is 11.1 Å². The molecule has 0 aliphatic rings. The Bertz CT molecular complexity index is 301. The van der Waals surface area contributed by atoms with E-state index in [0.29, 0.717) is 12.5 Å². The highest BCUT2D eigenvalue weighted by molar-refractivity contribution is 7.09. The highest BCUT2D eigenvalue weighted by Crippen LogP contribution is 2.26. The fourth-order valence-corrected chi connectivity index (χ4v) is 2.64. The van der Waals surface area contributed by atoms with Crippen LogP contribution < -0.4 is 5.73 Å². The second kappa shape index (κ2) is 6.99. The predicted molar refractivity (Wildman–Crippen MR) is 68.9 cm³/mol. The number of ether oxygens (including phenoxy) is 1. The molecule has 0 spiro atoms. The second-order valence-electron chi connectivity index (χ2n) is 3.93. The normalized spacial score (nSPS) is 15.0. The lowest BCUT2D eigenvalue weighted by molar-refractivity contribution is 0.0760. The summed E-state index contributed by atoms with van der Waals surface area (Å²) in [6.45, 7) is 7.64. The van der Waals surface area contributed by atoms with Crippen molar-refractivity contribution in [1.82, 2.24) is 4.98 Å². The minimum absolute atomic E-state index is 0.101. The molecule has 0 amide bonds. The fraction of sp³-hybridized carbons (Fsp3) is 0.750. The lowest BCUT2D eigenvalue weighted by Gasteiger charge is -2.11. The van der Waals surface area contributed by atoms with Gasteiger partial charge in [0.05, 0.1) is 5.69 Å². The maximum atomic E-state index is 5.77. The Kier molecular flexibility index (Phi) is 5.95. The summed E-state index contributed by atoms with van der Waals surface area (Å²) in [6, 6.07) is 0. The molecule has 0 radical (unpaired) electrons. The summed E-state index contributed by atoms with van der Waals surface area (Å²) in [5.74, 6) is 0.406. The highest BCUT2D eigenvalue weighted by Gasteiger charge is 2.15. The summed E-state index contributed by atoms with van der Waals surface area (Å²) in [5, 5.41) is 3.18. The molecule has 2 N–H and O–H groups in total. The van der Waals surface area contributed by atoms with Gasteiger partial charge in [-0.3, -0.25) is 0 Å². The quantitative estimate of drug-likeness (QED) is 0.799. The Morgan fingerprint density at radius 3 is 2.81 bits per heavy atom. The number of aromatic nitrogens is 1. The lowest BCUT2D eigenvalue weighted by Crippen LogP contribution is -2.13. The van der Waals surface area contributed by atoms with E-state index in [-0.39, 0.29) is 6.10 Å². The maximum absolute atomic E-state index is 5.77. The molecule has 16 heavy (non-hydrogen) atoms. The first-order chi connectivity index (χ1) is 7.72. The summed E-state index contributed by atoms with van der Waals surface area (Å²) in [7, 11) is 0. The van der Waals surface area contributed by atoms with E-state index < -0.39 is 0 Å². The Hall–Kier alpha value is -0.450. The lowest BCUT2D eigenvalue weighted by atomic mass is 10.0. The predicted octanol–water partition coefficient (Wildman–Crippen LogP) is 3.08. The maximum Gasteiger partial charge on any atom is 0.121 e. The van der Waals surface area contributed by atoms with Crippen LogP contribution >= 0.6 is 11.3 Å². The van der Waals surface area contributed by atoms with Crippen molar-refractivity contribution < 1.29 is 4.74 Å². The van der Waals surface area contributed by atoms with E-state index in [1.807, 2.05) is 13.8 Å². The Morgan fingerprint density at radius 2 is 2.25 bits per heavy atom. The second-order valence-corrected chi connectivity index (χ2v) is 4.82. The van der Waals surface area contributed by atoms with Crippen LogP contribution in [0.2, 0.25) is 0 Å². The number of nitrogens with zero attached hydrogens (tertiary/aromatic N) is 1. The monoisotopic (exact) mass is 242 g/mol. The van der Waals surface area contributed by atoms with E-state index in [1.165, 1.54) is 0 Å². The van der Waals surface area contributed by atoms with Gasteiger partial charge in [-0.15, -0.1) is 11.3 Å². The Labute approximate surface area is 102 Å². The summed E-state index contributed by atoms with van der Waals surface area (Å²) >= 11 is 1.68. The van der Waals surface area contributed by atoms with Crippen molar-refractivity contribution in [2.45, 2.75) is 45.6 Å². The molecule has 1 heterocycles. The van der Waals surface area contributed by atoms with Gasteiger partial charge in [0.25, 0.3) is 0 Å². The molecule has 0 aromatic carbocycles. The van der Waals surface area contributed by atoms with E-state index in [2.05, 4.69) is 17.3 Å². The van der Waals surface area contributed by atoms with Crippen molar-refractivity contribution in [1.29, 1.82) is 0 Å². The van der Waals surface area contributed by atoms with Crippen molar-refractivity contribution in [2.24, 2.45) is 5.73 Å². The van der Waals surface area contributed by atoms with Crippen LogP contribution in [0.25, 0.3) is 0 Å². The summed E-state index contributed by atoms with van der Waals surface area (Å²) in [5.41, 5.74) is 6.90. The van der Waals surface area contributed by atoms with Crippen molar-refractivity contribution in [3.8, 4) is 0 Å². The van der Waals surface area contributed by atoms with Crippen molar-refractivity contribution in [3.63, 3.8) is 0 Å². The zero-order valence-corrected chi connectivity index (χ0v) is 11.2. The van der Waals surface area contributed by atoms with Crippen LogP contribution in [0.1, 0.15) is 56.3 Å². The molecule has 0 saturated carbocycles. The third-order valence-corrected chi connectivity index (χ3v) is 3.67. The van der Waals surface area contributed by atoms with Crippen molar-refractivity contribution in [2.75, 3.05) is 13.2 Å². The zero-order valence-electron chi connectivity index (χ0n) is 10.4. The van der Waals surface area contributed by atoms with E-state index in [1.54, 1.807) is 11.3 Å². The summed E-state index contributed by atoms with van der Waals surface area (Å²) in [6.07, 6.45) is 2.36. The first-order valence-electron chi connectivity index (χ1n) is 5.99. The Morgan fingerprint density at radius 1 is 1.50 bits per heavy atom. The minimum Gasteiger partial charge on any atom is -0.372 e. The molecule has 2 atom stereocenters. The molecule has 0 aliphatic heterocycles. The smallest absolute Gasteiger partial charge is 0.121 e. The van der Waals surface area contributed by atoms with Gasteiger partial charge in [-0.05, 0) is 20.3 Å². The molecule has 0 bridgehead atoms. The molecule has 0 fully saturated rings. The molecule has 92 valence electrons. The number of nitrogens with two attached hydrogens (primary N) is 1. The standard InChI is InChI=1S/C12H22N2OS/c1-4-6-10(7-13)11-8-16-12(14-11)9(3)15-5-2/h8-10H,4-7,13H2,1-3H3. The highest BCUT2D eigenvalue weighted by atomic mass is 32.1. The van der Waals surface area contributed by atoms with E-state index >= 15 is 0 Å².